The lowest BCUT2D eigenvalue weighted by Crippen LogP contribution is -2.50. The second-order valence-electron chi connectivity index (χ2n) is 5.98. The Morgan fingerprint density at radius 3 is 2.71 bits per heavy atom. The number of hydrogen-bond donors (Lipinski definition) is 3. The summed E-state index contributed by atoms with van der Waals surface area (Å²) in [5, 5.41) is 20.1. The number of benzene rings is 1. The number of nitrogens with one attached hydrogen (secondary N) is 3. The molecule has 1 fully saturated rings. The molecule has 1 heterocycles. The Morgan fingerprint density at radius 1 is 1.38 bits per heavy atom. The van der Waals surface area contributed by atoms with Crippen LogP contribution in [0.25, 0.3) is 0 Å². The first-order valence-corrected chi connectivity index (χ1v) is 8.04. The summed E-state index contributed by atoms with van der Waals surface area (Å²) in [6, 6.07) is 6.50. The predicted octanol–water partition coefficient (Wildman–Crippen LogP) is 2.32. The molecule has 1 saturated heterocycles. The van der Waals surface area contributed by atoms with Gasteiger partial charge in [-0.1, -0.05) is 6.92 Å². The van der Waals surface area contributed by atoms with E-state index in [2.05, 4.69) is 22.9 Å². The van der Waals surface area contributed by atoms with Gasteiger partial charge in [-0.15, -0.1) is 12.4 Å². The summed E-state index contributed by atoms with van der Waals surface area (Å²) >= 11 is 0. The van der Waals surface area contributed by atoms with E-state index in [1.807, 2.05) is 0 Å². The zero-order valence-corrected chi connectivity index (χ0v) is 14.6. The van der Waals surface area contributed by atoms with Crippen molar-refractivity contribution >= 4 is 29.7 Å². The molecular weight excluding hydrogens is 332 g/mol. The first-order valence-electron chi connectivity index (χ1n) is 8.04. The van der Waals surface area contributed by atoms with Crippen LogP contribution in [0.15, 0.2) is 24.3 Å². The summed E-state index contributed by atoms with van der Waals surface area (Å²) in [7, 11) is 0. The van der Waals surface area contributed by atoms with Crippen LogP contribution in [0.1, 0.15) is 26.2 Å². The Hall–Kier alpha value is -1.86. The SMILES string of the molecule is CC1CCNCC1NC(=O)CCCNc1ccc([N+](=O)[O-])cc1.Cl. The van der Waals surface area contributed by atoms with Crippen LogP contribution in [0, 0.1) is 16.0 Å². The maximum Gasteiger partial charge on any atom is 0.269 e. The molecule has 24 heavy (non-hydrogen) atoms. The fraction of sp³-hybridized carbons (Fsp3) is 0.562. The van der Waals surface area contributed by atoms with Gasteiger partial charge in [0, 0.05) is 43.4 Å². The molecule has 3 N–H and O–H groups in total. The zero-order valence-electron chi connectivity index (χ0n) is 13.8. The number of nitrogens with zero attached hydrogens (tertiary/aromatic N) is 1. The van der Waals surface area contributed by atoms with Gasteiger partial charge in [0.2, 0.25) is 5.91 Å². The highest BCUT2D eigenvalue weighted by atomic mass is 35.5. The van der Waals surface area contributed by atoms with Crippen LogP contribution in [0.4, 0.5) is 11.4 Å². The topological polar surface area (TPSA) is 96.3 Å². The molecular formula is C16H25ClN4O3. The summed E-state index contributed by atoms with van der Waals surface area (Å²) < 4.78 is 0. The van der Waals surface area contributed by atoms with E-state index in [4.69, 9.17) is 0 Å². The molecule has 134 valence electrons. The predicted molar refractivity (Wildman–Crippen MR) is 96.6 cm³/mol. The Labute approximate surface area is 148 Å². The van der Waals surface area contributed by atoms with Crippen LogP contribution in [-0.4, -0.2) is 36.5 Å². The number of nitro groups is 1. The van der Waals surface area contributed by atoms with Gasteiger partial charge in [-0.2, -0.15) is 0 Å². The molecule has 0 aromatic heterocycles. The van der Waals surface area contributed by atoms with Gasteiger partial charge in [0.05, 0.1) is 4.92 Å². The summed E-state index contributed by atoms with van der Waals surface area (Å²) in [5.74, 6) is 0.592. The van der Waals surface area contributed by atoms with Gasteiger partial charge >= 0.3 is 0 Å². The average molecular weight is 357 g/mol. The molecule has 1 aromatic carbocycles. The van der Waals surface area contributed by atoms with Gasteiger partial charge in [0.25, 0.3) is 5.69 Å². The molecule has 0 spiro atoms. The number of carbonyl (C=O) groups is 1. The standard InChI is InChI=1S/C16H24N4O3.ClH/c1-12-8-10-17-11-15(12)19-16(21)3-2-9-18-13-4-6-14(7-5-13)20(22)23;/h4-7,12,15,17-18H,2-3,8-11H2,1H3,(H,19,21);1H. The molecule has 1 aliphatic rings. The third-order valence-corrected chi connectivity index (χ3v) is 4.16. The van der Waals surface area contributed by atoms with E-state index in [1.54, 1.807) is 12.1 Å². The summed E-state index contributed by atoms with van der Waals surface area (Å²) in [6.45, 7) is 4.69. The molecule has 0 radical (unpaired) electrons. The lowest BCUT2D eigenvalue weighted by molar-refractivity contribution is -0.384. The number of non-ortho nitro benzene ring substituents is 1. The van der Waals surface area contributed by atoms with E-state index in [0.717, 1.165) is 31.6 Å². The van der Waals surface area contributed by atoms with Crippen LogP contribution in [0.5, 0.6) is 0 Å². The van der Waals surface area contributed by atoms with Gasteiger partial charge in [-0.25, -0.2) is 0 Å². The van der Waals surface area contributed by atoms with Gasteiger partial charge in [-0.05, 0) is 37.4 Å². The highest BCUT2D eigenvalue weighted by Crippen LogP contribution is 2.15. The maximum absolute atomic E-state index is 11.9. The molecule has 0 saturated carbocycles. The summed E-state index contributed by atoms with van der Waals surface area (Å²) in [6.07, 6.45) is 2.28. The molecule has 1 aliphatic heterocycles. The lowest BCUT2D eigenvalue weighted by atomic mass is 9.95. The van der Waals surface area contributed by atoms with Gasteiger partial charge < -0.3 is 16.0 Å². The second-order valence-corrected chi connectivity index (χ2v) is 5.98. The molecule has 2 atom stereocenters. The monoisotopic (exact) mass is 356 g/mol. The average Bonchev–Trinajstić information content (AvgIpc) is 2.54. The summed E-state index contributed by atoms with van der Waals surface area (Å²) in [4.78, 5) is 22.1. The van der Waals surface area contributed by atoms with E-state index >= 15 is 0 Å². The van der Waals surface area contributed by atoms with Crippen molar-refractivity contribution in [1.29, 1.82) is 0 Å². The third-order valence-electron chi connectivity index (χ3n) is 4.16. The molecule has 2 rings (SSSR count). The number of halogens is 1. The van der Waals surface area contributed by atoms with E-state index in [-0.39, 0.29) is 30.0 Å². The summed E-state index contributed by atoms with van der Waals surface area (Å²) in [5.41, 5.74) is 0.895. The minimum atomic E-state index is -0.421. The van der Waals surface area contributed by atoms with E-state index in [0.29, 0.717) is 18.9 Å². The van der Waals surface area contributed by atoms with E-state index in [1.165, 1.54) is 12.1 Å². The van der Waals surface area contributed by atoms with Crippen LogP contribution < -0.4 is 16.0 Å². The lowest BCUT2D eigenvalue weighted by Gasteiger charge is -2.30. The van der Waals surface area contributed by atoms with Crippen molar-refractivity contribution in [2.24, 2.45) is 5.92 Å². The number of rotatable bonds is 7. The second kappa shape index (κ2) is 10.1. The van der Waals surface area contributed by atoms with Crippen molar-refractivity contribution in [3.63, 3.8) is 0 Å². The minimum Gasteiger partial charge on any atom is -0.385 e. The molecule has 0 aliphatic carbocycles. The van der Waals surface area contributed by atoms with Crippen LogP contribution in [0.3, 0.4) is 0 Å². The minimum absolute atomic E-state index is 0. The van der Waals surface area contributed by atoms with Crippen molar-refractivity contribution < 1.29 is 9.72 Å². The van der Waals surface area contributed by atoms with Crippen LogP contribution >= 0.6 is 12.4 Å². The molecule has 7 nitrogen and oxygen atoms in total. The van der Waals surface area contributed by atoms with Crippen LogP contribution in [-0.2, 0) is 4.79 Å². The first kappa shape index (κ1) is 20.2. The number of anilines is 1. The van der Waals surface area contributed by atoms with Crippen molar-refractivity contribution in [2.45, 2.75) is 32.2 Å². The van der Waals surface area contributed by atoms with Gasteiger partial charge in [0.15, 0.2) is 0 Å². The van der Waals surface area contributed by atoms with Gasteiger partial charge in [0.1, 0.15) is 0 Å². The normalized spacial score (nSPS) is 19.9. The first-order chi connectivity index (χ1) is 11.1. The Bertz CT molecular complexity index is 539. The Kier molecular flexibility index (Phi) is 8.49. The van der Waals surface area contributed by atoms with Gasteiger partial charge in [-0.3, -0.25) is 14.9 Å². The number of nitro benzene ring substituents is 1. The third kappa shape index (κ3) is 6.33. The molecule has 1 amide bonds. The molecule has 0 bridgehead atoms. The van der Waals surface area contributed by atoms with Crippen molar-refractivity contribution in [2.75, 3.05) is 25.0 Å². The fourth-order valence-corrected chi connectivity index (χ4v) is 2.64. The molecule has 2 unspecified atom stereocenters. The highest BCUT2D eigenvalue weighted by Gasteiger charge is 2.22. The smallest absolute Gasteiger partial charge is 0.269 e. The zero-order chi connectivity index (χ0) is 16.7. The Balaban J connectivity index is 0.00000288. The van der Waals surface area contributed by atoms with E-state index < -0.39 is 4.92 Å². The molecule has 1 aromatic rings. The number of piperidine rings is 1. The largest absolute Gasteiger partial charge is 0.385 e. The fourth-order valence-electron chi connectivity index (χ4n) is 2.64. The van der Waals surface area contributed by atoms with Crippen molar-refractivity contribution in [3.8, 4) is 0 Å². The number of amides is 1. The number of hydrogen-bond acceptors (Lipinski definition) is 5. The van der Waals surface area contributed by atoms with Crippen molar-refractivity contribution in [3.05, 3.63) is 34.4 Å². The maximum atomic E-state index is 11.9. The van der Waals surface area contributed by atoms with Crippen LogP contribution in [0.2, 0.25) is 0 Å². The molecule has 8 heteroatoms. The Morgan fingerprint density at radius 2 is 2.08 bits per heavy atom. The van der Waals surface area contributed by atoms with E-state index in [9.17, 15) is 14.9 Å². The highest BCUT2D eigenvalue weighted by molar-refractivity contribution is 5.85. The number of carbonyl (C=O) groups excluding carboxylic acids is 1. The van der Waals surface area contributed by atoms with Crippen molar-refractivity contribution in [1.82, 2.24) is 10.6 Å². The quantitative estimate of drug-likeness (QED) is 0.396.